The van der Waals surface area contributed by atoms with Crippen LogP contribution in [-0.2, 0) is 27.5 Å². The van der Waals surface area contributed by atoms with Gasteiger partial charge in [0.15, 0.2) is 13.4 Å². The molecule has 1 heterocycles. The smallest absolute Gasteiger partial charge is 0.344 e. The van der Waals surface area contributed by atoms with Gasteiger partial charge in [-0.25, -0.2) is 4.79 Å². The maximum atomic E-state index is 11.9. The Morgan fingerprint density at radius 1 is 1.32 bits per heavy atom. The molecule has 128 valence electrons. The van der Waals surface area contributed by atoms with Crippen molar-refractivity contribution in [3.8, 4) is 17.6 Å². The van der Waals surface area contributed by atoms with Crippen molar-refractivity contribution in [1.29, 1.82) is 5.26 Å². The minimum Gasteiger partial charge on any atom is -0.481 e. The van der Waals surface area contributed by atoms with E-state index >= 15 is 0 Å². The van der Waals surface area contributed by atoms with Crippen molar-refractivity contribution in [3.63, 3.8) is 0 Å². The van der Waals surface area contributed by atoms with Crippen LogP contribution in [0, 0.1) is 11.3 Å². The summed E-state index contributed by atoms with van der Waals surface area (Å²) >= 11 is 6.06. The number of hydrogen-bond donors (Lipinski definition) is 0. The fourth-order valence-corrected chi connectivity index (χ4v) is 2.65. The van der Waals surface area contributed by atoms with Crippen LogP contribution in [0.5, 0.6) is 11.5 Å². The van der Waals surface area contributed by atoms with Crippen molar-refractivity contribution in [2.45, 2.75) is 13.2 Å². The normalized spacial score (nSPS) is 12.5. The van der Waals surface area contributed by atoms with Crippen LogP contribution in [0.15, 0.2) is 36.4 Å². The number of rotatable bonds is 5. The first kappa shape index (κ1) is 17.1. The van der Waals surface area contributed by atoms with Gasteiger partial charge in [0.1, 0.15) is 24.2 Å². The first-order valence-corrected chi connectivity index (χ1v) is 7.84. The minimum atomic E-state index is -0.562. The molecule has 0 fully saturated rings. The van der Waals surface area contributed by atoms with Crippen molar-refractivity contribution >= 4 is 17.6 Å². The molecular weight excluding hydrogens is 346 g/mol. The molecular formula is C18H14ClNO5. The van der Waals surface area contributed by atoms with Gasteiger partial charge in [0.25, 0.3) is 0 Å². The Kier molecular flexibility index (Phi) is 5.39. The number of fused-ring (bicyclic) bond motifs is 1. The number of carbonyl (C=O) groups excluding carboxylic acids is 1. The summed E-state index contributed by atoms with van der Waals surface area (Å²) in [5.74, 6) is 0.398. The standard InChI is InChI=1S/C18H14ClNO5/c19-15-5-13-8-22-11-25-18(13)14(6-15)9-24-17(21)10-23-16-4-2-1-3-12(16)7-20/h1-6H,8-11H2. The van der Waals surface area contributed by atoms with Crippen LogP contribution in [0.3, 0.4) is 0 Å². The second-order valence-corrected chi connectivity index (χ2v) is 5.66. The quantitative estimate of drug-likeness (QED) is 0.763. The predicted octanol–water partition coefficient (Wildman–Crippen LogP) is 3.20. The summed E-state index contributed by atoms with van der Waals surface area (Å²) in [6.07, 6.45) is 0. The third-order valence-corrected chi connectivity index (χ3v) is 3.71. The first-order valence-electron chi connectivity index (χ1n) is 7.47. The van der Waals surface area contributed by atoms with Crippen molar-refractivity contribution in [2.24, 2.45) is 0 Å². The zero-order valence-corrected chi connectivity index (χ0v) is 13.9. The van der Waals surface area contributed by atoms with Crippen molar-refractivity contribution < 1.29 is 23.7 Å². The van der Waals surface area contributed by atoms with Gasteiger partial charge < -0.3 is 18.9 Å². The maximum Gasteiger partial charge on any atom is 0.344 e. The third kappa shape index (κ3) is 4.21. The van der Waals surface area contributed by atoms with E-state index < -0.39 is 5.97 Å². The lowest BCUT2D eigenvalue weighted by Crippen LogP contribution is -2.17. The maximum absolute atomic E-state index is 11.9. The van der Waals surface area contributed by atoms with Crippen LogP contribution in [0.25, 0.3) is 0 Å². The van der Waals surface area contributed by atoms with E-state index in [1.807, 2.05) is 6.07 Å². The average molecular weight is 360 g/mol. The van der Waals surface area contributed by atoms with E-state index in [-0.39, 0.29) is 20.0 Å². The number of nitrogens with zero attached hydrogens (tertiary/aromatic N) is 1. The largest absolute Gasteiger partial charge is 0.481 e. The Labute approximate surface area is 149 Å². The van der Waals surface area contributed by atoms with Gasteiger partial charge in [0, 0.05) is 16.1 Å². The molecule has 1 aliphatic rings. The number of nitriles is 1. The fourth-order valence-electron chi connectivity index (χ4n) is 2.39. The van der Waals surface area contributed by atoms with E-state index in [1.165, 1.54) is 0 Å². The van der Waals surface area contributed by atoms with E-state index in [2.05, 4.69) is 0 Å². The molecule has 0 radical (unpaired) electrons. The molecule has 0 aliphatic carbocycles. The van der Waals surface area contributed by atoms with E-state index in [9.17, 15) is 4.79 Å². The lowest BCUT2D eigenvalue weighted by molar-refractivity contribution is -0.147. The zero-order valence-electron chi connectivity index (χ0n) is 13.2. The third-order valence-electron chi connectivity index (χ3n) is 3.49. The highest BCUT2D eigenvalue weighted by Crippen LogP contribution is 2.32. The predicted molar refractivity (Wildman–Crippen MR) is 88.2 cm³/mol. The monoisotopic (exact) mass is 359 g/mol. The highest BCUT2D eigenvalue weighted by atomic mass is 35.5. The fraction of sp³-hybridized carbons (Fsp3) is 0.222. The number of halogens is 1. The molecule has 0 atom stereocenters. The van der Waals surface area contributed by atoms with Gasteiger partial charge in [-0.15, -0.1) is 0 Å². The Morgan fingerprint density at radius 3 is 3.00 bits per heavy atom. The zero-order chi connectivity index (χ0) is 17.6. The molecule has 3 rings (SSSR count). The highest BCUT2D eigenvalue weighted by Gasteiger charge is 2.18. The summed E-state index contributed by atoms with van der Waals surface area (Å²) < 4.78 is 21.2. The van der Waals surface area contributed by atoms with Crippen LogP contribution in [-0.4, -0.2) is 19.4 Å². The molecule has 0 spiro atoms. The lowest BCUT2D eigenvalue weighted by atomic mass is 10.1. The van der Waals surface area contributed by atoms with Gasteiger partial charge in [-0.05, 0) is 24.3 Å². The van der Waals surface area contributed by atoms with Crippen LogP contribution >= 0.6 is 11.6 Å². The van der Waals surface area contributed by atoms with Gasteiger partial charge >= 0.3 is 5.97 Å². The number of hydrogen-bond acceptors (Lipinski definition) is 6. The SMILES string of the molecule is N#Cc1ccccc1OCC(=O)OCc1cc(Cl)cc2c1OCOC2. The molecule has 0 saturated carbocycles. The van der Waals surface area contributed by atoms with Crippen molar-refractivity contribution in [2.75, 3.05) is 13.4 Å². The molecule has 0 unspecified atom stereocenters. The molecule has 2 aromatic carbocycles. The summed E-state index contributed by atoms with van der Waals surface area (Å²) in [7, 11) is 0. The van der Waals surface area contributed by atoms with E-state index in [0.717, 1.165) is 5.56 Å². The van der Waals surface area contributed by atoms with E-state index in [4.69, 9.17) is 35.8 Å². The van der Waals surface area contributed by atoms with Crippen LogP contribution < -0.4 is 9.47 Å². The summed E-state index contributed by atoms with van der Waals surface area (Å²) in [5.41, 5.74) is 1.83. The van der Waals surface area contributed by atoms with E-state index in [1.54, 1.807) is 36.4 Å². The summed E-state index contributed by atoms with van der Waals surface area (Å²) in [6, 6.07) is 12.1. The Morgan fingerprint density at radius 2 is 2.16 bits per heavy atom. The number of benzene rings is 2. The Balaban J connectivity index is 1.60. The van der Waals surface area contributed by atoms with Crippen LogP contribution in [0.4, 0.5) is 0 Å². The van der Waals surface area contributed by atoms with Gasteiger partial charge in [-0.2, -0.15) is 5.26 Å². The van der Waals surface area contributed by atoms with Gasteiger partial charge in [-0.1, -0.05) is 23.7 Å². The van der Waals surface area contributed by atoms with Gasteiger partial charge in [-0.3, -0.25) is 0 Å². The number of ether oxygens (including phenoxy) is 4. The molecule has 0 aromatic heterocycles. The van der Waals surface area contributed by atoms with Gasteiger partial charge in [0.2, 0.25) is 0 Å². The molecule has 0 amide bonds. The number of carbonyl (C=O) groups is 1. The van der Waals surface area contributed by atoms with Crippen LogP contribution in [0.1, 0.15) is 16.7 Å². The second-order valence-electron chi connectivity index (χ2n) is 5.22. The summed E-state index contributed by atoms with van der Waals surface area (Å²) in [4.78, 5) is 11.9. The molecule has 2 aromatic rings. The molecule has 1 aliphatic heterocycles. The molecule has 7 heteroatoms. The molecule has 25 heavy (non-hydrogen) atoms. The molecule has 6 nitrogen and oxygen atoms in total. The van der Waals surface area contributed by atoms with Crippen molar-refractivity contribution in [3.05, 3.63) is 58.1 Å². The number of esters is 1. The minimum absolute atomic E-state index is 0.00494. The first-order chi connectivity index (χ1) is 12.2. The van der Waals surface area contributed by atoms with E-state index in [0.29, 0.717) is 34.3 Å². The van der Waals surface area contributed by atoms with Crippen molar-refractivity contribution in [1.82, 2.24) is 0 Å². The summed E-state index contributed by atoms with van der Waals surface area (Å²) in [6.45, 7) is 0.241. The molecule has 0 bridgehead atoms. The Bertz CT molecular complexity index is 831. The second kappa shape index (κ2) is 7.88. The Hall–Kier alpha value is -2.75. The lowest BCUT2D eigenvalue weighted by Gasteiger charge is -2.21. The summed E-state index contributed by atoms with van der Waals surface area (Å²) in [5, 5.41) is 9.50. The van der Waals surface area contributed by atoms with Crippen LogP contribution in [0.2, 0.25) is 5.02 Å². The van der Waals surface area contributed by atoms with Gasteiger partial charge in [0.05, 0.1) is 12.2 Å². The molecule has 0 saturated heterocycles. The highest BCUT2D eigenvalue weighted by molar-refractivity contribution is 6.30. The average Bonchev–Trinajstić information content (AvgIpc) is 2.64. The topological polar surface area (TPSA) is 77.8 Å². The number of para-hydroxylation sites is 1. The molecule has 0 N–H and O–H groups in total.